The largest absolute Gasteiger partial charge is 0.438 e. The number of primary amides is 1. The lowest BCUT2D eigenvalue weighted by molar-refractivity contribution is -0.112. The summed E-state index contributed by atoms with van der Waals surface area (Å²) in [5.41, 5.74) is 8.22. The van der Waals surface area contributed by atoms with Gasteiger partial charge in [-0.15, -0.1) is 0 Å². The lowest BCUT2D eigenvalue weighted by Gasteiger charge is -2.47. The highest BCUT2D eigenvalue weighted by Gasteiger charge is 2.35. The minimum absolute atomic E-state index is 0.0185. The SMILES string of the molecule is C=CC(C)=O.CCC1C(C)CN1c1ccc(C(N)=O)c(Oc2ccc(C)cc2)n1.Cc1ccccc1. The number of aryl methyl sites for hydroxylation is 2. The molecule has 6 heteroatoms. The monoisotopic (exact) mass is 487 g/mol. The third-order valence-electron chi connectivity index (χ3n) is 5.83. The van der Waals surface area contributed by atoms with E-state index in [2.05, 4.69) is 49.4 Å². The first-order valence-electron chi connectivity index (χ1n) is 12.1. The van der Waals surface area contributed by atoms with E-state index in [1.54, 1.807) is 6.07 Å². The molecule has 2 N–H and O–H groups in total. The van der Waals surface area contributed by atoms with Gasteiger partial charge in [-0.05, 0) is 63.5 Å². The summed E-state index contributed by atoms with van der Waals surface area (Å²) in [4.78, 5) is 28.2. The van der Waals surface area contributed by atoms with Crippen molar-refractivity contribution in [2.75, 3.05) is 11.4 Å². The Bertz CT molecular complexity index is 1140. The van der Waals surface area contributed by atoms with Gasteiger partial charge in [0.05, 0.1) is 0 Å². The fraction of sp³-hybridized carbons (Fsp3) is 0.300. The van der Waals surface area contributed by atoms with Gasteiger partial charge in [-0.25, -0.2) is 0 Å². The first-order valence-corrected chi connectivity index (χ1v) is 12.1. The number of ether oxygens (including phenoxy) is 1. The number of hydrogen-bond acceptors (Lipinski definition) is 5. The van der Waals surface area contributed by atoms with Crippen molar-refractivity contribution in [1.29, 1.82) is 0 Å². The van der Waals surface area contributed by atoms with Crippen LogP contribution in [0.15, 0.2) is 79.4 Å². The quantitative estimate of drug-likeness (QED) is 0.414. The van der Waals surface area contributed by atoms with Crippen molar-refractivity contribution in [3.05, 3.63) is 96.1 Å². The van der Waals surface area contributed by atoms with Crippen molar-refractivity contribution in [2.24, 2.45) is 11.7 Å². The van der Waals surface area contributed by atoms with Gasteiger partial charge >= 0.3 is 0 Å². The van der Waals surface area contributed by atoms with E-state index in [-0.39, 0.29) is 11.7 Å². The van der Waals surface area contributed by atoms with E-state index in [1.807, 2.05) is 55.5 Å². The molecule has 36 heavy (non-hydrogen) atoms. The molecule has 6 nitrogen and oxygen atoms in total. The molecule has 1 saturated heterocycles. The van der Waals surface area contributed by atoms with Gasteiger partial charge in [0.25, 0.3) is 5.91 Å². The number of rotatable bonds is 6. The first-order chi connectivity index (χ1) is 17.2. The van der Waals surface area contributed by atoms with Crippen molar-refractivity contribution in [2.45, 2.75) is 47.1 Å². The second-order valence-electron chi connectivity index (χ2n) is 8.88. The second kappa shape index (κ2) is 13.8. The van der Waals surface area contributed by atoms with Crippen molar-refractivity contribution in [3.8, 4) is 11.6 Å². The van der Waals surface area contributed by atoms with Gasteiger partial charge in [0.1, 0.15) is 17.1 Å². The summed E-state index contributed by atoms with van der Waals surface area (Å²) in [6.45, 7) is 14.1. The normalized spacial score (nSPS) is 15.8. The number of pyridine rings is 1. The van der Waals surface area contributed by atoms with Crippen LogP contribution in [0, 0.1) is 19.8 Å². The molecule has 0 bridgehead atoms. The number of carbonyl (C=O) groups excluding carboxylic acids is 2. The Kier molecular flexibility index (Phi) is 10.9. The molecule has 2 aromatic carbocycles. The molecule has 1 fully saturated rings. The van der Waals surface area contributed by atoms with Gasteiger partial charge in [-0.3, -0.25) is 9.59 Å². The number of amides is 1. The predicted octanol–water partition coefficient (Wildman–Crippen LogP) is 6.27. The Morgan fingerprint density at radius 2 is 1.64 bits per heavy atom. The van der Waals surface area contributed by atoms with Gasteiger partial charge in [-0.1, -0.05) is 74.0 Å². The molecule has 0 spiro atoms. The summed E-state index contributed by atoms with van der Waals surface area (Å²) < 4.78 is 5.84. The maximum atomic E-state index is 11.7. The van der Waals surface area contributed by atoms with Crippen LogP contribution < -0.4 is 15.4 Å². The number of aromatic nitrogens is 1. The number of nitrogens with two attached hydrogens (primary N) is 1. The maximum absolute atomic E-state index is 11.7. The highest BCUT2D eigenvalue weighted by atomic mass is 16.5. The number of allylic oxidation sites excluding steroid dienone is 1. The summed E-state index contributed by atoms with van der Waals surface area (Å²) in [5.74, 6) is 1.85. The van der Waals surface area contributed by atoms with Crippen molar-refractivity contribution in [1.82, 2.24) is 4.98 Å². The predicted molar refractivity (Wildman–Crippen MR) is 147 cm³/mol. The number of benzene rings is 2. The molecule has 1 aliphatic heterocycles. The van der Waals surface area contributed by atoms with Crippen LogP contribution in [0.1, 0.15) is 48.7 Å². The maximum Gasteiger partial charge on any atom is 0.254 e. The van der Waals surface area contributed by atoms with Crippen molar-refractivity contribution < 1.29 is 14.3 Å². The third-order valence-corrected chi connectivity index (χ3v) is 5.83. The fourth-order valence-electron chi connectivity index (χ4n) is 3.73. The molecule has 0 aliphatic carbocycles. The average molecular weight is 488 g/mol. The summed E-state index contributed by atoms with van der Waals surface area (Å²) in [6, 6.07) is 21.9. The summed E-state index contributed by atoms with van der Waals surface area (Å²) in [5, 5.41) is 0. The number of carbonyl (C=O) groups is 2. The smallest absolute Gasteiger partial charge is 0.254 e. The minimum atomic E-state index is -0.541. The lowest BCUT2D eigenvalue weighted by Crippen LogP contribution is -2.55. The van der Waals surface area contributed by atoms with Crippen LogP contribution in [0.25, 0.3) is 0 Å². The van der Waals surface area contributed by atoms with E-state index in [4.69, 9.17) is 10.5 Å². The van der Waals surface area contributed by atoms with Crippen LogP contribution in [0.5, 0.6) is 11.6 Å². The van der Waals surface area contributed by atoms with Gasteiger partial charge in [0.15, 0.2) is 5.78 Å². The van der Waals surface area contributed by atoms with E-state index in [0.717, 1.165) is 24.3 Å². The third kappa shape index (κ3) is 8.38. The molecule has 4 rings (SSSR count). The summed E-state index contributed by atoms with van der Waals surface area (Å²) in [7, 11) is 0. The van der Waals surface area contributed by atoms with E-state index in [1.165, 1.54) is 18.6 Å². The molecule has 3 aromatic rings. The number of nitrogens with zero attached hydrogens (tertiary/aromatic N) is 2. The molecular weight excluding hydrogens is 450 g/mol. The lowest BCUT2D eigenvalue weighted by atomic mass is 9.88. The molecular formula is C30H37N3O3. The van der Waals surface area contributed by atoms with Crippen LogP contribution in [0.2, 0.25) is 0 Å². The van der Waals surface area contributed by atoms with E-state index in [9.17, 15) is 9.59 Å². The number of ketones is 1. The van der Waals surface area contributed by atoms with Crippen LogP contribution >= 0.6 is 0 Å². The van der Waals surface area contributed by atoms with Crippen molar-refractivity contribution >= 4 is 17.5 Å². The molecule has 1 aliphatic rings. The molecule has 190 valence electrons. The van der Waals surface area contributed by atoms with Gasteiger partial charge in [0.2, 0.25) is 5.88 Å². The van der Waals surface area contributed by atoms with E-state index >= 15 is 0 Å². The van der Waals surface area contributed by atoms with E-state index < -0.39 is 5.91 Å². The Morgan fingerprint density at radius 3 is 2.08 bits per heavy atom. The molecule has 1 amide bonds. The zero-order valence-corrected chi connectivity index (χ0v) is 21.9. The molecule has 1 aromatic heterocycles. The Balaban J connectivity index is 0.000000313. The van der Waals surface area contributed by atoms with Gasteiger partial charge in [0, 0.05) is 12.6 Å². The first kappa shape index (κ1) is 28.3. The number of hydrogen-bond donors (Lipinski definition) is 1. The topological polar surface area (TPSA) is 85.5 Å². The van der Waals surface area contributed by atoms with Crippen LogP contribution in [0.4, 0.5) is 5.82 Å². The molecule has 0 radical (unpaired) electrons. The van der Waals surface area contributed by atoms with E-state index in [0.29, 0.717) is 23.3 Å². The van der Waals surface area contributed by atoms with Gasteiger partial charge in [-0.2, -0.15) is 4.98 Å². The number of anilines is 1. The molecule has 0 saturated carbocycles. The zero-order chi connectivity index (χ0) is 26.7. The molecule has 2 heterocycles. The van der Waals surface area contributed by atoms with Crippen LogP contribution in [-0.4, -0.2) is 29.3 Å². The highest BCUT2D eigenvalue weighted by molar-refractivity contribution is 5.95. The van der Waals surface area contributed by atoms with Crippen LogP contribution in [0.3, 0.4) is 0 Å². The molecule has 2 unspecified atom stereocenters. The standard InChI is InChI=1S/C19H23N3O2.C7H8.C4H6O/c1-4-16-13(3)11-22(16)17-10-9-15(18(20)23)19(21-17)24-14-7-5-12(2)6-8-14;1-7-5-3-2-4-6-7;1-3-4(2)5/h5-10,13,16H,4,11H2,1-3H3,(H2,20,23);2-6H,1H3;3H,1H2,2H3. The highest BCUT2D eigenvalue weighted by Crippen LogP contribution is 2.34. The Labute approximate surface area is 214 Å². The summed E-state index contributed by atoms with van der Waals surface area (Å²) >= 11 is 0. The second-order valence-corrected chi connectivity index (χ2v) is 8.88. The average Bonchev–Trinajstić information content (AvgIpc) is 2.85. The van der Waals surface area contributed by atoms with Crippen molar-refractivity contribution in [3.63, 3.8) is 0 Å². The minimum Gasteiger partial charge on any atom is -0.438 e. The fourth-order valence-corrected chi connectivity index (χ4v) is 3.73. The Morgan fingerprint density at radius 1 is 1.06 bits per heavy atom. The van der Waals surface area contributed by atoms with Gasteiger partial charge < -0.3 is 15.4 Å². The molecule has 2 atom stereocenters. The van der Waals surface area contributed by atoms with Crippen LogP contribution in [-0.2, 0) is 4.79 Å². The summed E-state index contributed by atoms with van der Waals surface area (Å²) in [6.07, 6.45) is 2.34. The Hall–Kier alpha value is -3.93. The zero-order valence-electron chi connectivity index (χ0n) is 21.9.